The van der Waals surface area contributed by atoms with Gasteiger partial charge in [0.15, 0.2) is 11.5 Å². The molecule has 14 nitrogen and oxygen atoms in total. The van der Waals surface area contributed by atoms with Gasteiger partial charge in [-0.1, -0.05) is 0 Å². The van der Waals surface area contributed by atoms with E-state index in [-0.39, 0.29) is 77.0 Å². The maximum Gasteiger partial charge on any atom is 1.00 e. The van der Waals surface area contributed by atoms with Crippen LogP contribution in [0, 0.1) is 0 Å². The number of aromatic nitrogens is 7. The molecule has 0 radical (unpaired) electrons. The fourth-order valence-corrected chi connectivity index (χ4v) is 5.38. The second kappa shape index (κ2) is 15.4. The van der Waals surface area contributed by atoms with E-state index in [0.717, 1.165) is 30.4 Å². The number of phosphoric acid groups is 1. The van der Waals surface area contributed by atoms with Gasteiger partial charge in [0.1, 0.15) is 17.4 Å². The molecular weight excluding hydrogens is 593 g/mol. The summed E-state index contributed by atoms with van der Waals surface area (Å²) in [6, 6.07) is 1.87. The standard InChI is InChI=1S/C23H27N8O6PS.2Na/c1-2-36-17-6-4-16(5-7-17)31-12-18(20(29-31)21-24-8-3-9-25-21)27-22(32)19-13-39-23(28-19)15-10-26-30(11-15)14-37-38(33,34)35;;/h3,8-13,16-17H,2,4-7,14H2,1H3,(H,27,32)(H2,33,34,35);;/q;2*+1/p-2. The molecule has 0 spiro atoms. The molecule has 1 aliphatic rings. The van der Waals surface area contributed by atoms with Gasteiger partial charge in [-0.3, -0.25) is 9.48 Å². The number of amides is 1. The Morgan fingerprint density at radius 3 is 2.59 bits per heavy atom. The molecule has 5 rings (SSSR count). The summed E-state index contributed by atoms with van der Waals surface area (Å²) in [7, 11) is -5.12. The number of carbonyl (C=O) groups excluding carboxylic acids is 1. The number of nitrogens with zero attached hydrogens (tertiary/aromatic N) is 7. The van der Waals surface area contributed by atoms with E-state index in [1.807, 2.05) is 11.6 Å². The second-order valence-electron chi connectivity index (χ2n) is 8.80. The number of anilines is 1. The molecule has 0 aliphatic heterocycles. The molecule has 0 atom stereocenters. The van der Waals surface area contributed by atoms with E-state index < -0.39 is 20.5 Å². The molecule has 1 N–H and O–H groups in total. The van der Waals surface area contributed by atoms with Gasteiger partial charge in [-0.2, -0.15) is 10.2 Å². The van der Waals surface area contributed by atoms with E-state index in [1.165, 1.54) is 23.7 Å². The first kappa shape index (κ1) is 34.2. The summed E-state index contributed by atoms with van der Waals surface area (Å²) in [6.07, 6.45) is 11.9. The van der Waals surface area contributed by atoms with Crippen LogP contribution in [0.5, 0.6) is 0 Å². The molecule has 0 bridgehead atoms. The van der Waals surface area contributed by atoms with Gasteiger partial charge in [-0.25, -0.2) is 19.6 Å². The van der Waals surface area contributed by atoms with Crippen molar-refractivity contribution in [2.24, 2.45) is 0 Å². The summed E-state index contributed by atoms with van der Waals surface area (Å²) in [6.45, 7) is 2.15. The molecule has 206 valence electrons. The van der Waals surface area contributed by atoms with Crippen molar-refractivity contribution in [2.45, 2.75) is 51.5 Å². The van der Waals surface area contributed by atoms with Gasteiger partial charge in [0.25, 0.3) is 5.91 Å². The SMILES string of the molecule is CCOC1CCC(n2cc(NC(=O)c3csc(-c4cnn(COP(=O)([O-])[O-])c4)n3)c(-c3ncccn3)n2)CC1.[Na+].[Na+]. The van der Waals surface area contributed by atoms with Gasteiger partial charge >= 0.3 is 59.1 Å². The van der Waals surface area contributed by atoms with Gasteiger partial charge in [0.2, 0.25) is 0 Å². The van der Waals surface area contributed by atoms with E-state index in [1.54, 1.807) is 30.0 Å². The third kappa shape index (κ3) is 9.08. The zero-order chi connectivity index (χ0) is 27.4. The Hall–Kier alpha value is -1.33. The largest absolute Gasteiger partial charge is 1.00 e. The van der Waals surface area contributed by atoms with Crippen LogP contribution in [0.25, 0.3) is 22.1 Å². The smallest absolute Gasteiger partial charge is 0.790 e. The topological polar surface area (TPSA) is 185 Å². The van der Waals surface area contributed by atoms with Gasteiger partial charge in [0.05, 0.1) is 31.9 Å². The molecule has 0 saturated heterocycles. The van der Waals surface area contributed by atoms with Crippen molar-refractivity contribution < 1.29 is 87.5 Å². The van der Waals surface area contributed by atoms with Gasteiger partial charge < -0.3 is 28.9 Å². The normalized spacial score (nSPS) is 17.0. The molecular formula is C23H25N8Na2O6PS. The minimum atomic E-state index is -5.12. The molecule has 1 fully saturated rings. The Morgan fingerprint density at radius 1 is 1.17 bits per heavy atom. The number of carbonyl (C=O) groups is 1. The average molecular weight is 619 g/mol. The van der Waals surface area contributed by atoms with Crippen molar-refractivity contribution in [3.8, 4) is 22.1 Å². The first-order valence-electron chi connectivity index (χ1n) is 12.2. The van der Waals surface area contributed by atoms with Crippen LogP contribution >= 0.6 is 19.2 Å². The molecule has 4 aromatic heterocycles. The van der Waals surface area contributed by atoms with Crippen LogP contribution in [0.2, 0.25) is 0 Å². The number of phosphoric ester groups is 1. The fourth-order valence-electron chi connectivity index (χ4n) is 4.34. The molecule has 18 heteroatoms. The average Bonchev–Trinajstić information content (AvgIpc) is 3.68. The summed E-state index contributed by atoms with van der Waals surface area (Å²) in [5.74, 6) is -0.0486. The Kier molecular flexibility index (Phi) is 12.8. The van der Waals surface area contributed by atoms with E-state index in [4.69, 9.17) is 9.84 Å². The van der Waals surface area contributed by atoms with Crippen molar-refractivity contribution in [3.05, 3.63) is 48.1 Å². The van der Waals surface area contributed by atoms with Crippen LogP contribution in [0.4, 0.5) is 5.69 Å². The zero-order valence-corrected chi connectivity index (χ0v) is 28.6. The van der Waals surface area contributed by atoms with Gasteiger partial charge in [-0.05, 0) is 38.7 Å². The van der Waals surface area contributed by atoms with Crippen LogP contribution in [-0.2, 0) is 20.6 Å². The first-order valence-corrected chi connectivity index (χ1v) is 14.6. The number of ether oxygens (including phenoxy) is 1. The first-order chi connectivity index (χ1) is 18.8. The van der Waals surface area contributed by atoms with Crippen molar-refractivity contribution in [1.29, 1.82) is 0 Å². The summed E-state index contributed by atoms with van der Waals surface area (Å²) >= 11 is 1.21. The summed E-state index contributed by atoms with van der Waals surface area (Å²) in [5, 5.41) is 13.7. The molecule has 41 heavy (non-hydrogen) atoms. The van der Waals surface area contributed by atoms with Crippen molar-refractivity contribution >= 4 is 30.8 Å². The summed E-state index contributed by atoms with van der Waals surface area (Å²) < 4.78 is 23.7. The number of hydrogen-bond donors (Lipinski definition) is 1. The quantitative estimate of drug-likeness (QED) is 0.136. The van der Waals surface area contributed by atoms with Gasteiger partial charge in [0, 0.05) is 42.3 Å². The predicted molar refractivity (Wildman–Crippen MR) is 136 cm³/mol. The minimum Gasteiger partial charge on any atom is -0.790 e. The molecule has 0 unspecified atom stereocenters. The van der Waals surface area contributed by atoms with E-state index in [2.05, 4.69) is 29.9 Å². The Morgan fingerprint density at radius 2 is 1.90 bits per heavy atom. The third-order valence-corrected chi connectivity index (χ3v) is 7.47. The van der Waals surface area contributed by atoms with Crippen LogP contribution < -0.4 is 74.2 Å². The maximum absolute atomic E-state index is 13.2. The second-order valence-corrected chi connectivity index (χ2v) is 10.8. The maximum atomic E-state index is 13.2. The van der Waals surface area contributed by atoms with Crippen LogP contribution in [0.1, 0.15) is 49.1 Å². The number of thiazole rings is 1. The number of nitrogens with one attached hydrogen (secondary N) is 1. The van der Waals surface area contributed by atoms with Crippen LogP contribution in [-0.4, -0.2) is 53.1 Å². The number of rotatable bonds is 10. The molecule has 0 aromatic carbocycles. The molecule has 4 aromatic rings. The molecule has 1 amide bonds. The van der Waals surface area contributed by atoms with Crippen LogP contribution in [0.3, 0.4) is 0 Å². The van der Waals surface area contributed by atoms with Crippen molar-refractivity contribution in [2.75, 3.05) is 11.9 Å². The number of hydrogen-bond acceptors (Lipinski definition) is 12. The van der Waals surface area contributed by atoms with Crippen molar-refractivity contribution in [3.63, 3.8) is 0 Å². The summed E-state index contributed by atoms with van der Waals surface area (Å²) in [4.78, 5) is 47.5. The summed E-state index contributed by atoms with van der Waals surface area (Å²) in [5.41, 5.74) is 1.63. The molecule has 1 saturated carbocycles. The Balaban J connectivity index is 0.00000231. The van der Waals surface area contributed by atoms with Crippen LogP contribution in [0.15, 0.2) is 42.4 Å². The minimum absolute atomic E-state index is 0. The zero-order valence-electron chi connectivity index (χ0n) is 22.9. The van der Waals surface area contributed by atoms with E-state index in [0.29, 0.717) is 34.4 Å². The third-order valence-electron chi connectivity index (χ3n) is 6.14. The fraction of sp³-hybridized carbons (Fsp3) is 0.391. The van der Waals surface area contributed by atoms with E-state index >= 15 is 0 Å². The van der Waals surface area contributed by atoms with Gasteiger partial charge in [-0.15, -0.1) is 11.3 Å². The van der Waals surface area contributed by atoms with E-state index in [9.17, 15) is 19.1 Å². The molecule has 4 heterocycles. The Bertz CT molecular complexity index is 1470. The molecule has 1 aliphatic carbocycles. The monoisotopic (exact) mass is 618 g/mol. The predicted octanol–water partition coefficient (Wildman–Crippen LogP) is -3.76. The van der Waals surface area contributed by atoms with Crippen molar-refractivity contribution in [1.82, 2.24) is 34.5 Å². The Labute approximate surface area is 284 Å².